The first-order chi connectivity index (χ1) is 18.3. The number of amidine groups is 2. The van der Waals surface area contributed by atoms with E-state index in [1.54, 1.807) is 37.2 Å². The molecule has 0 spiro atoms. The molecule has 0 radical (unpaired) electrons. The molecule has 8 nitrogen and oxygen atoms in total. The fourth-order valence-corrected chi connectivity index (χ4v) is 4.32. The number of hydrogen-bond acceptors (Lipinski definition) is 6. The molecule has 1 saturated heterocycles. The van der Waals surface area contributed by atoms with E-state index >= 15 is 0 Å². The molecule has 1 aliphatic heterocycles. The van der Waals surface area contributed by atoms with E-state index in [1.807, 2.05) is 36.4 Å². The van der Waals surface area contributed by atoms with Gasteiger partial charge in [-0.15, -0.1) is 18.3 Å². The highest BCUT2D eigenvalue weighted by Crippen LogP contribution is 2.33. The van der Waals surface area contributed by atoms with Gasteiger partial charge in [0, 0.05) is 17.9 Å². The fourth-order valence-electron chi connectivity index (χ4n) is 3.41. The lowest BCUT2D eigenvalue weighted by Crippen LogP contribution is -2.23. The average molecular weight is 541 g/mol. The SMILES string of the molecule is COc1ccccc1N1CCS/C1=N\N=C\c1ccc(C(N)=NC=Nc2ccc(OC(F)(F)F)cc2)cc1. The van der Waals surface area contributed by atoms with Crippen molar-refractivity contribution in [2.24, 2.45) is 25.9 Å². The van der Waals surface area contributed by atoms with Crippen molar-refractivity contribution in [3.63, 3.8) is 0 Å². The molecule has 0 bridgehead atoms. The highest BCUT2D eigenvalue weighted by atomic mass is 32.2. The van der Waals surface area contributed by atoms with Gasteiger partial charge in [-0.3, -0.25) is 0 Å². The molecule has 0 aliphatic carbocycles. The molecule has 0 saturated carbocycles. The highest BCUT2D eigenvalue weighted by Gasteiger charge is 2.31. The maximum Gasteiger partial charge on any atom is 0.573 e. The number of aliphatic imine (C=N–C) groups is 2. The first kappa shape index (κ1) is 26.7. The van der Waals surface area contributed by atoms with Crippen LogP contribution in [0.5, 0.6) is 11.5 Å². The average Bonchev–Trinajstić information content (AvgIpc) is 3.37. The van der Waals surface area contributed by atoms with Gasteiger partial charge in [0.25, 0.3) is 0 Å². The summed E-state index contributed by atoms with van der Waals surface area (Å²) in [6.07, 6.45) is -1.86. The highest BCUT2D eigenvalue weighted by molar-refractivity contribution is 8.14. The van der Waals surface area contributed by atoms with Crippen molar-refractivity contribution in [1.29, 1.82) is 0 Å². The number of hydrogen-bond donors (Lipinski definition) is 1. The van der Waals surface area contributed by atoms with E-state index in [0.717, 1.165) is 34.5 Å². The Morgan fingerprint density at radius 2 is 1.76 bits per heavy atom. The normalized spacial score (nSPS) is 15.6. The van der Waals surface area contributed by atoms with Crippen molar-refractivity contribution in [3.05, 3.63) is 83.9 Å². The van der Waals surface area contributed by atoms with Crippen LogP contribution in [-0.2, 0) is 0 Å². The van der Waals surface area contributed by atoms with E-state index in [4.69, 9.17) is 10.5 Å². The minimum Gasteiger partial charge on any atom is -0.495 e. The van der Waals surface area contributed by atoms with Gasteiger partial charge in [0.05, 0.1) is 24.7 Å². The third-order valence-electron chi connectivity index (χ3n) is 5.18. The van der Waals surface area contributed by atoms with Crippen LogP contribution < -0.4 is 20.1 Å². The van der Waals surface area contributed by atoms with Gasteiger partial charge in [0.1, 0.15) is 23.7 Å². The van der Waals surface area contributed by atoms with Gasteiger partial charge < -0.3 is 20.1 Å². The quantitative estimate of drug-likeness (QED) is 0.228. The van der Waals surface area contributed by atoms with Gasteiger partial charge in [0.15, 0.2) is 5.17 Å². The van der Waals surface area contributed by atoms with Crippen LogP contribution in [0.25, 0.3) is 0 Å². The number of thioether (sulfide) groups is 1. The summed E-state index contributed by atoms with van der Waals surface area (Å²) >= 11 is 1.63. The molecule has 4 rings (SSSR count). The Kier molecular flexibility index (Phi) is 8.64. The first-order valence-electron chi connectivity index (χ1n) is 11.3. The molecule has 0 unspecified atom stereocenters. The summed E-state index contributed by atoms with van der Waals surface area (Å²) in [6.45, 7) is 0.813. The van der Waals surface area contributed by atoms with Crippen molar-refractivity contribution < 1.29 is 22.6 Å². The van der Waals surface area contributed by atoms with Gasteiger partial charge in [-0.2, -0.15) is 5.10 Å². The van der Waals surface area contributed by atoms with Crippen molar-refractivity contribution >= 4 is 46.7 Å². The molecular weight excluding hydrogens is 517 g/mol. The third kappa shape index (κ3) is 7.35. The topological polar surface area (TPSA) is 97.2 Å². The van der Waals surface area contributed by atoms with Crippen LogP contribution in [0.15, 0.2) is 93.0 Å². The maximum absolute atomic E-state index is 12.2. The number of anilines is 1. The van der Waals surface area contributed by atoms with Crippen molar-refractivity contribution in [2.75, 3.05) is 24.3 Å². The molecule has 0 atom stereocenters. The minimum atomic E-state index is -4.74. The molecule has 1 aliphatic rings. The van der Waals surface area contributed by atoms with Crippen LogP contribution in [0.3, 0.4) is 0 Å². The van der Waals surface area contributed by atoms with Crippen LogP contribution in [0.4, 0.5) is 24.5 Å². The Bertz CT molecular complexity index is 1360. The summed E-state index contributed by atoms with van der Waals surface area (Å²) < 4.78 is 46.0. The molecular formula is C26H23F3N6O2S. The molecule has 3 aromatic carbocycles. The largest absolute Gasteiger partial charge is 0.573 e. The van der Waals surface area contributed by atoms with E-state index in [-0.39, 0.29) is 11.6 Å². The number of rotatable bonds is 8. The lowest BCUT2D eigenvalue weighted by molar-refractivity contribution is -0.274. The number of halogens is 3. The molecule has 38 heavy (non-hydrogen) atoms. The maximum atomic E-state index is 12.2. The molecule has 1 heterocycles. The third-order valence-corrected chi connectivity index (χ3v) is 6.13. The van der Waals surface area contributed by atoms with Gasteiger partial charge in [-0.1, -0.05) is 48.2 Å². The molecule has 0 amide bonds. The van der Waals surface area contributed by atoms with Crippen molar-refractivity contribution in [3.8, 4) is 11.5 Å². The van der Waals surface area contributed by atoms with Crippen LogP contribution in [0.2, 0.25) is 0 Å². The van der Waals surface area contributed by atoms with Gasteiger partial charge in [-0.05, 0) is 42.0 Å². The smallest absolute Gasteiger partial charge is 0.495 e. The molecule has 12 heteroatoms. The number of methoxy groups -OCH3 is 1. The number of para-hydroxylation sites is 2. The second-order valence-electron chi connectivity index (χ2n) is 7.72. The predicted molar refractivity (Wildman–Crippen MR) is 146 cm³/mol. The Hall–Kier alpha value is -4.32. The van der Waals surface area contributed by atoms with Gasteiger partial charge >= 0.3 is 6.36 Å². The fraction of sp³-hybridized carbons (Fsp3) is 0.154. The second-order valence-corrected chi connectivity index (χ2v) is 8.78. The van der Waals surface area contributed by atoms with Gasteiger partial charge in [0.2, 0.25) is 0 Å². The number of benzene rings is 3. The van der Waals surface area contributed by atoms with Crippen LogP contribution >= 0.6 is 11.8 Å². The summed E-state index contributed by atoms with van der Waals surface area (Å²) in [7, 11) is 1.64. The molecule has 3 aromatic rings. The second kappa shape index (κ2) is 12.3. The first-order valence-corrected chi connectivity index (χ1v) is 12.3. The summed E-state index contributed by atoms with van der Waals surface area (Å²) in [5.41, 5.74) is 8.86. The molecule has 1 fully saturated rings. The summed E-state index contributed by atoms with van der Waals surface area (Å²) in [5.74, 6) is 1.58. The van der Waals surface area contributed by atoms with Gasteiger partial charge in [-0.25, -0.2) is 9.98 Å². The lowest BCUT2D eigenvalue weighted by Gasteiger charge is -2.19. The Labute approximate surface area is 221 Å². The van der Waals surface area contributed by atoms with Crippen molar-refractivity contribution in [2.45, 2.75) is 6.36 Å². The van der Waals surface area contributed by atoms with E-state index in [0.29, 0.717) is 11.3 Å². The Morgan fingerprint density at radius 1 is 1.03 bits per heavy atom. The molecule has 196 valence electrons. The summed E-state index contributed by atoms with van der Waals surface area (Å²) in [5, 5.41) is 9.43. The predicted octanol–water partition coefficient (Wildman–Crippen LogP) is 5.60. The number of alkyl halides is 3. The van der Waals surface area contributed by atoms with E-state index < -0.39 is 6.36 Å². The number of nitrogens with zero attached hydrogens (tertiary/aromatic N) is 5. The molecule has 0 aromatic heterocycles. The zero-order valence-corrected chi connectivity index (χ0v) is 21.0. The Balaban J connectivity index is 1.36. The van der Waals surface area contributed by atoms with E-state index in [2.05, 4.69) is 29.8 Å². The zero-order valence-electron chi connectivity index (χ0n) is 20.2. The standard InChI is InChI=1S/C26H23F3N6O2S/c1-36-23-5-3-2-4-22(23)35-14-15-38-25(35)34-33-16-18-6-8-19(9-7-18)24(30)32-17-31-20-10-12-21(13-11-20)37-26(27,28)29/h2-13,16-17H,14-15H2,1H3,(H2,30,31,32)/b33-16+,34-25-. The van der Waals surface area contributed by atoms with E-state index in [1.165, 1.54) is 30.6 Å². The van der Waals surface area contributed by atoms with Crippen molar-refractivity contribution in [1.82, 2.24) is 0 Å². The number of ether oxygens (including phenoxy) is 2. The van der Waals surface area contributed by atoms with E-state index in [9.17, 15) is 13.2 Å². The Morgan fingerprint density at radius 3 is 2.47 bits per heavy atom. The molecule has 2 N–H and O–H groups in total. The number of nitrogens with two attached hydrogens (primary N) is 1. The minimum absolute atomic E-state index is 0.226. The van der Waals surface area contributed by atoms with Crippen LogP contribution in [0, 0.1) is 0 Å². The lowest BCUT2D eigenvalue weighted by atomic mass is 10.1. The van der Waals surface area contributed by atoms with Crippen LogP contribution in [0.1, 0.15) is 11.1 Å². The zero-order chi connectivity index (χ0) is 27.0. The monoisotopic (exact) mass is 540 g/mol. The summed E-state index contributed by atoms with van der Waals surface area (Å²) in [4.78, 5) is 10.2. The van der Waals surface area contributed by atoms with Crippen LogP contribution in [-0.4, -0.2) is 49.3 Å². The summed E-state index contributed by atoms with van der Waals surface area (Å²) in [6, 6.07) is 20.1.